The minimum absolute atomic E-state index is 0.0932. The van der Waals surface area contributed by atoms with Crippen molar-refractivity contribution in [2.75, 3.05) is 13.7 Å². The van der Waals surface area contributed by atoms with Crippen LogP contribution in [0.4, 0.5) is 0 Å². The maximum absolute atomic E-state index is 10.1. The molecule has 1 unspecified atom stereocenters. The number of rotatable bonds is 9. The average molecular weight is 271 g/mol. The summed E-state index contributed by atoms with van der Waals surface area (Å²) in [6.07, 6.45) is 3.57. The van der Waals surface area contributed by atoms with Gasteiger partial charge >= 0.3 is 0 Å². The van der Waals surface area contributed by atoms with Crippen LogP contribution < -0.4 is 5.32 Å². The highest BCUT2D eigenvalue weighted by Crippen LogP contribution is 2.15. The van der Waals surface area contributed by atoms with Crippen molar-refractivity contribution in [2.45, 2.75) is 46.6 Å². The molecule has 0 saturated heterocycles. The molecule has 0 radical (unpaired) electrons. The Morgan fingerprint density at radius 3 is 2.11 bits per heavy atom. The van der Waals surface area contributed by atoms with Gasteiger partial charge in [0, 0.05) is 19.6 Å². The number of nitrogens with one attached hydrogen (secondary N) is 1. The van der Waals surface area contributed by atoms with E-state index in [1.54, 1.807) is 7.11 Å². The lowest BCUT2D eigenvalue weighted by atomic mass is 9.99. The largest absolute Gasteiger partial charge is 0.380 e. The minimum atomic E-state index is 0.0932. The molecule has 0 heterocycles. The summed E-state index contributed by atoms with van der Waals surface area (Å²) in [7, 11) is 1.66. The molecule has 0 bridgehead atoms. The van der Waals surface area contributed by atoms with E-state index in [4.69, 9.17) is 4.74 Å². The topological polar surface area (TPSA) is 55.4 Å². The van der Waals surface area contributed by atoms with Crippen LogP contribution >= 0.6 is 0 Å². The third-order valence-electron chi connectivity index (χ3n) is 2.64. The summed E-state index contributed by atoms with van der Waals surface area (Å²) < 4.78 is 5.22. The van der Waals surface area contributed by atoms with Gasteiger partial charge in [0.1, 0.15) is 6.29 Å². The smallest absolute Gasteiger partial charge is 0.207 e. The Labute approximate surface area is 117 Å². The van der Waals surface area contributed by atoms with E-state index >= 15 is 0 Å². The number of carbonyl (C=O) groups is 2. The zero-order valence-corrected chi connectivity index (χ0v) is 12.9. The summed E-state index contributed by atoms with van der Waals surface area (Å²) in [5.41, 5.74) is 1.23. The van der Waals surface area contributed by atoms with Gasteiger partial charge < -0.3 is 14.8 Å². The fraction of sp³-hybridized carbons (Fsp3) is 0.733. The molecule has 1 N–H and O–H groups in total. The Bertz CT molecular complexity index is 250. The predicted molar refractivity (Wildman–Crippen MR) is 79.0 cm³/mol. The van der Waals surface area contributed by atoms with Crippen molar-refractivity contribution < 1.29 is 14.3 Å². The summed E-state index contributed by atoms with van der Waals surface area (Å²) >= 11 is 0. The van der Waals surface area contributed by atoms with E-state index in [9.17, 15) is 9.59 Å². The van der Waals surface area contributed by atoms with Gasteiger partial charge in [-0.3, -0.25) is 4.79 Å². The molecular formula is C15H29NO3. The van der Waals surface area contributed by atoms with Crippen LogP contribution in [0.15, 0.2) is 12.2 Å². The molecule has 0 aromatic carbocycles. The first kappa shape index (κ1) is 20.2. The molecule has 19 heavy (non-hydrogen) atoms. The number of allylic oxidation sites excluding steroid dienone is 1. The molecule has 0 aliphatic heterocycles. The fourth-order valence-electron chi connectivity index (χ4n) is 1.12. The highest BCUT2D eigenvalue weighted by molar-refractivity contribution is 5.51. The van der Waals surface area contributed by atoms with Gasteiger partial charge in [-0.25, -0.2) is 0 Å². The van der Waals surface area contributed by atoms with Crippen LogP contribution in [0.3, 0.4) is 0 Å². The third kappa shape index (κ3) is 14.8. The van der Waals surface area contributed by atoms with Gasteiger partial charge in [-0.15, -0.1) is 0 Å². The van der Waals surface area contributed by atoms with Crippen LogP contribution in [0.2, 0.25) is 0 Å². The van der Waals surface area contributed by atoms with E-state index in [1.807, 2.05) is 13.8 Å². The van der Waals surface area contributed by atoms with Crippen molar-refractivity contribution in [1.29, 1.82) is 0 Å². The Balaban J connectivity index is 0. The van der Waals surface area contributed by atoms with Gasteiger partial charge in [0.25, 0.3) is 0 Å². The number of hydrogen-bond acceptors (Lipinski definition) is 3. The van der Waals surface area contributed by atoms with Crippen molar-refractivity contribution in [3.8, 4) is 0 Å². The van der Waals surface area contributed by atoms with Crippen LogP contribution in [0, 0.1) is 11.8 Å². The second-order valence-corrected chi connectivity index (χ2v) is 5.12. The number of carbonyl (C=O) groups excluding carboxylic acids is 2. The zero-order valence-electron chi connectivity index (χ0n) is 12.9. The summed E-state index contributed by atoms with van der Waals surface area (Å²) in [6, 6.07) is 0. The molecule has 1 atom stereocenters. The second-order valence-electron chi connectivity index (χ2n) is 5.12. The van der Waals surface area contributed by atoms with Gasteiger partial charge in [-0.2, -0.15) is 0 Å². The maximum atomic E-state index is 10.1. The predicted octanol–water partition coefficient (Wildman–Crippen LogP) is 2.58. The fourth-order valence-corrected chi connectivity index (χ4v) is 1.12. The van der Waals surface area contributed by atoms with Crippen molar-refractivity contribution in [2.24, 2.45) is 11.8 Å². The van der Waals surface area contributed by atoms with E-state index in [1.165, 1.54) is 5.57 Å². The van der Waals surface area contributed by atoms with Gasteiger partial charge in [0.15, 0.2) is 0 Å². The number of amides is 1. The quantitative estimate of drug-likeness (QED) is 0.518. The zero-order chi connectivity index (χ0) is 15.3. The summed E-state index contributed by atoms with van der Waals surface area (Å²) in [5.74, 6) is 0.724. The lowest BCUT2D eigenvalue weighted by Crippen LogP contribution is -2.27. The number of ether oxygens (including phenoxy) is 1. The molecule has 1 amide bonds. The summed E-state index contributed by atoms with van der Waals surface area (Å²) in [6.45, 7) is 12.5. The standard InChI is InChI=1S/C11H21NO2.C4H8O/c1-9(2)10(3)5-6-11(14-4)7-12-8-13;1-4(2)3-5/h8-9,11H,3,5-7H2,1-2,4H3,(H,12,13);3-4H,1-2H3. The first-order chi connectivity index (χ1) is 8.88. The molecule has 4 nitrogen and oxygen atoms in total. The number of aldehydes is 1. The van der Waals surface area contributed by atoms with E-state index < -0.39 is 0 Å². The van der Waals surface area contributed by atoms with Crippen molar-refractivity contribution >= 4 is 12.7 Å². The lowest BCUT2D eigenvalue weighted by molar-refractivity contribution is -0.110. The van der Waals surface area contributed by atoms with Crippen molar-refractivity contribution in [3.05, 3.63) is 12.2 Å². The van der Waals surface area contributed by atoms with Gasteiger partial charge in [-0.1, -0.05) is 39.8 Å². The molecule has 4 heteroatoms. The van der Waals surface area contributed by atoms with Crippen LogP contribution in [-0.4, -0.2) is 32.5 Å². The Morgan fingerprint density at radius 2 is 1.79 bits per heavy atom. The maximum Gasteiger partial charge on any atom is 0.207 e. The van der Waals surface area contributed by atoms with Gasteiger partial charge in [-0.05, 0) is 18.8 Å². The molecule has 0 aromatic rings. The van der Waals surface area contributed by atoms with Gasteiger partial charge in [0.05, 0.1) is 6.10 Å². The van der Waals surface area contributed by atoms with E-state index in [0.29, 0.717) is 18.9 Å². The van der Waals surface area contributed by atoms with Crippen LogP contribution in [-0.2, 0) is 14.3 Å². The van der Waals surface area contributed by atoms with E-state index in [2.05, 4.69) is 25.7 Å². The molecule has 0 rings (SSSR count). The van der Waals surface area contributed by atoms with Gasteiger partial charge in [0.2, 0.25) is 6.41 Å². The lowest BCUT2D eigenvalue weighted by Gasteiger charge is -2.16. The first-order valence-electron chi connectivity index (χ1n) is 6.71. The molecule has 0 aliphatic carbocycles. The highest BCUT2D eigenvalue weighted by atomic mass is 16.5. The molecule has 0 aliphatic rings. The molecule has 112 valence electrons. The normalized spacial score (nSPS) is 11.5. The summed E-state index contributed by atoms with van der Waals surface area (Å²) in [4.78, 5) is 19.6. The van der Waals surface area contributed by atoms with Crippen molar-refractivity contribution in [3.63, 3.8) is 0 Å². The molecule has 0 saturated carbocycles. The van der Waals surface area contributed by atoms with E-state index in [0.717, 1.165) is 19.1 Å². The second kappa shape index (κ2) is 13.3. The highest BCUT2D eigenvalue weighted by Gasteiger charge is 2.08. The number of methoxy groups -OCH3 is 1. The molecular weight excluding hydrogens is 242 g/mol. The molecule has 0 aromatic heterocycles. The molecule has 0 fully saturated rings. The monoisotopic (exact) mass is 271 g/mol. The van der Waals surface area contributed by atoms with Crippen molar-refractivity contribution in [1.82, 2.24) is 5.32 Å². The van der Waals surface area contributed by atoms with Crippen LogP contribution in [0.1, 0.15) is 40.5 Å². The Kier molecular flexibility index (Phi) is 14.1. The van der Waals surface area contributed by atoms with Crippen LogP contribution in [0.5, 0.6) is 0 Å². The number of hydrogen-bond donors (Lipinski definition) is 1. The summed E-state index contributed by atoms with van der Waals surface area (Å²) in [5, 5.41) is 2.62. The molecule has 0 spiro atoms. The SMILES string of the molecule is C=C(CCC(CNC=O)OC)C(C)C.CC(C)C=O. The average Bonchev–Trinajstić information content (AvgIpc) is 2.39. The minimum Gasteiger partial charge on any atom is -0.380 e. The first-order valence-corrected chi connectivity index (χ1v) is 6.71. The van der Waals surface area contributed by atoms with E-state index in [-0.39, 0.29) is 12.0 Å². The Hall–Kier alpha value is -1.16. The third-order valence-corrected chi connectivity index (χ3v) is 2.64. The Morgan fingerprint density at radius 1 is 1.26 bits per heavy atom. The van der Waals surface area contributed by atoms with Crippen LogP contribution in [0.25, 0.3) is 0 Å².